The number of fused-ring (bicyclic) bond motifs is 1. The van der Waals surface area contributed by atoms with Crippen molar-refractivity contribution in [2.24, 2.45) is 0 Å². The van der Waals surface area contributed by atoms with Crippen LogP contribution in [0.2, 0.25) is 0 Å². The average Bonchev–Trinajstić information content (AvgIpc) is 2.99. The lowest BCUT2D eigenvalue weighted by molar-refractivity contribution is 0.0140. The van der Waals surface area contributed by atoms with E-state index < -0.39 is 11.6 Å². The van der Waals surface area contributed by atoms with Crippen LogP contribution in [-0.4, -0.2) is 47.3 Å². The maximum Gasteiger partial charge on any atom is 0.410 e. The molecule has 1 aliphatic carbocycles. The second kappa shape index (κ2) is 15.6. The van der Waals surface area contributed by atoms with Crippen LogP contribution in [-0.2, 0) is 28.7 Å². The Bertz CT molecular complexity index is 1330. The second-order valence-corrected chi connectivity index (χ2v) is 12.0. The van der Waals surface area contributed by atoms with Crippen LogP contribution in [0.25, 0.3) is 0 Å². The standard InChI is InChI=1S/C36H46N2O5/c1-5-41-34(39)31-23-22-29-30(37-31)19-14-20-32(29)38(35(40)43-36(2,3)4)25-24-28-18-11-12-21-33(28)42-26-13-7-10-17-27-15-8-6-9-16-27/h6,8-9,11-12,15-16,18,21-23,32H,5,7,10,13-14,17,19-20,24-26H2,1-4H3. The van der Waals surface area contributed by atoms with Gasteiger partial charge in [-0.05, 0) is 108 Å². The first kappa shape index (κ1) is 32.1. The van der Waals surface area contributed by atoms with Crippen molar-refractivity contribution in [3.05, 3.63) is 94.8 Å². The number of unbranched alkanes of at least 4 members (excludes halogenated alkanes) is 2. The smallest absolute Gasteiger partial charge is 0.410 e. The fraction of sp³-hybridized carbons (Fsp3) is 0.472. The lowest BCUT2D eigenvalue weighted by atomic mass is 9.89. The number of para-hydroxylation sites is 1. The van der Waals surface area contributed by atoms with Gasteiger partial charge in [-0.3, -0.25) is 0 Å². The van der Waals surface area contributed by atoms with Crippen LogP contribution >= 0.6 is 0 Å². The number of benzene rings is 2. The van der Waals surface area contributed by atoms with E-state index in [4.69, 9.17) is 14.2 Å². The molecule has 0 radical (unpaired) electrons. The van der Waals surface area contributed by atoms with E-state index in [0.717, 1.165) is 67.5 Å². The van der Waals surface area contributed by atoms with Crippen molar-refractivity contribution in [3.63, 3.8) is 0 Å². The molecular formula is C36H46N2O5. The second-order valence-electron chi connectivity index (χ2n) is 12.0. The molecule has 230 valence electrons. The summed E-state index contributed by atoms with van der Waals surface area (Å²) in [4.78, 5) is 32.4. The van der Waals surface area contributed by atoms with E-state index in [0.29, 0.717) is 31.9 Å². The van der Waals surface area contributed by atoms with Crippen molar-refractivity contribution in [3.8, 4) is 5.75 Å². The number of amides is 1. The number of hydrogen-bond acceptors (Lipinski definition) is 6. The molecule has 4 rings (SSSR count). The van der Waals surface area contributed by atoms with E-state index in [9.17, 15) is 9.59 Å². The maximum absolute atomic E-state index is 13.6. The molecule has 1 atom stereocenters. The van der Waals surface area contributed by atoms with Crippen LogP contribution < -0.4 is 4.74 Å². The SMILES string of the molecule is CCOC(=O)c1ccc2c(n1)CCCC2N(CCc1ccccc1OCCCCCc1ccccc1)C(=O)OC(C)(C)C. The Morgan fingerprint density at radius 3 is 2.47 bits per heavy atom. The Morgan fingerprint density at radius 1 is 0.930 bits per heavy atom. The third-order valence-electron chi connectivity index (χ3n) is 7.55. The van der Waals surface area contributed by atoms with Gasteiger partial charge in [0.2, 0.25) is 0 Å². The van der Waals surface area contributed by atoms with Gasteiger partial charge >= 0.3 is 12.1 Å². The molecule has 0 saturated heterocycles. The topological polar surface area (TPSA) is 78.0 Å². The fourth-order valence-electron chi connectivity index (χ4n) is 5.50. The molecule has 0 bridgehead atoms. The highest BCUT2D eigenvalue weighted by Crippen LogP contribution is 2.35. The minimum absolute atomic E-state index is 0.194. The molecule has 0 saturated carbocycles. The summed E-state index contributed by atoms with van der Waals surface area (Å²) in [6.45, 7) is 8.85. The largest absolute Gasteiger partial charge is 0.493 e. The molecule has 43 heavy (non-hydrogen) atoms. The number of ether oxygens (including phenoxy) is 3. The Hall–Kier alpha value is -3.87. The van der Waals surface area contributed by atoms with E-state index in [1.165, 1.54) is 5.56 Å². The number of aromatic nitrogens is 1. The van der Waals surface area contributed by atoms with Crippen molar-refractivity contribution in [1.82, 2.24) is 9.88 Å². The summed E-state index contributed by atoms with van der Waals surface area (Å²) in [5.74, 6) is 0.434. The van der Waals surface area contributed by atoms with Crippen molar-refractivity contribution >= 4 is 12.1 Å². The summed E-state index contributed by atoms with van der Waals surface area (Å²) in [6.07, 6.45) is 7.01. The fourth-order valence-corrected chi connectivity index (χ4v) is 5.50. The normalized spacial score (nSPS) is 14.5. The van der Waals surface area contributed by atoms with E-state index in [1.807, 2.05) is 49.9 Å². The molecule has 1 amide bonds. The van der Waals surface area contributed by atoms with Crippen LogP contribution in [0.3, 0.4) is 0 Å². The van der Waals surface area contributed by atoms with Crippen LogP contribution in [0, 0.1) is 0 Å². The van der Waals surface area contributed by atoms with Gasteiger partial charge < -0.3 is 19.1 Å². The summed E-state index contributed by atoms with van der Waals surface area (Å²) < 4.78 is 17.3. The van der Waals surface area contributed by atoms with Crippen LogP contribution in [0.15, 0.2) is 66.7 Å². The highest BCUT2D eigenvalue weighted by Gasteiger charge is 2.33. The molecule has 0 N–H and O–H groups in total. The quantitative estimate of drug-likeness (QED) is 0.150. The average molecular weight is 587 g/mol. The number of nitrogens with zero attached hydrogens (tertiary/aromatic N) is 2. The minimum Gasteiger partial charge on any atom is -0.493 e. The zero-order valence-electron chi connectivity index (χ0n) is 26.1. The Kier molecular flexibility index (Phi) is 11.6. The van der Waals surface area contributed by atoms with Crippen molar-refractivity contribution in [2.75, 3.05) is 19.8 Å². The van der Waals surface area contributed by atoms with Gasteiger partial charge in [0, 0.05) is 12.2 Å². The maximum atomic E-state index is 13.6. The van der Waals surface area contributed by atoms with Gasteiger partial charge in [0.15, 0.2) is 0 Å². The van der Waals surface area contributed by atoms with E-state index in [1.54, 1.807) is 13.0 Å². The molecular weight excluding hydrogens is 540 g/mol. The van der Waals surface area contributed by atoms with Gasteiger partial charge in [0.1, 0.15) is 17.0 Å². The van der Waals surface area contributed by atoms with Gasteiger partial charge in [0.05, 0.1) is 19.3 Å². The third-order valence-corrected chi connectivity index (χ3v) is 7.55. The van der Waals surface area contributed by atoms with Crippen molar-refractivity contribution in [1.29, 1.82) is 0 Å². The summed E-state index contributed by atoms with van der Waals surface area (Å²) in [5.41, 5.74) is 3.92. The number of hydrogen-bond donors (Lipinski definition) is 0. The molecule has 1 aliphatic rings. The molecule has 1 aromatic heterocycles. The molecule has 2 aromatic carbocycles. The first-order valence-corrected chi connectivity index (χ1v) is 15.7. The zero-order chi connectivity index (χ0) is 30.7. The van der Waals surface area contributed by atoms with Gasteiger partial charge in [0.25, 0.3) is 0 Å². The Morgan fingerprint density at radius 2 is 1.70 bits per heavy atom. The summed E-state index contributed by atoms with van der Waals surface area (Å²) in [5, 5.41) is 0. The molecule has 1 heterocycles. The Balaban J connectivity index is 1.42. The van der Waals surface area contributed by atoms with Crippen LogP contribution in [0.1, 0.15) is 98.7 Å². The first-order chi connectivity index (χ1) is 20.7. The molecule has 7 nitrogen and oxygen atoms in total. The van der Waals surface area contributed by atoms with Crippen molar-refractivity contribution in [2.45, 2.75) is 90.7 Å². The van der Waals surface area contributed by atoms with Gasteiger partial charge in [-0.1, -0.05) is 54.6 Å². The third kappa shape index (κ3) is 9.57. The summed E-state index contributed by atoms with van der Waals surface area (Å²) in [7, 11) is 0. The van der Waals surface area contributed by atoms with Crippen molar-refractivity contribution < 1.29 is 23.8 Å². The number of carbonyl (C=O) groups excluding carboxylic acids is 2. The van der Waals surface area contributed by atoms with Crippen LogP contribution in [0.4, 0.5) is 4.79 Å². The van der Waals surface area contributed by atoms with Gasteiger partial charge in [-0.2, -0.15) is 0 Å². The molecule has 3 aromatic rings. The molecule has 1 unspecified atom stereocenters. The number of esters is 1. The minimum atomic E-state index is -0.625. The van der Waals surface area contributed by atoms with Gasteiger partial charge in [-0.15, -0.1) is 0 Å². The van der Waals surface area contributed by atoms with E-state index >= 15 is 0 Å². The first-order valence-electron chi connectivity index (χ1n) is 15.7. The number of aryl methyl sites for hydroxylation is 2. The Labute approximate surface area is 256 Å². The molecule has 0 spiro atoms. The predicted molar refractivity (Wildman–Crippen MR) is 168 cm³/mol. The number of pyridine rings is 1. The number of rotatable bonds is 13. The highest BCUT2D eigenvalue weighted by molar-refractivity contribution is 5.87. The van der Waals surface area contributed by atoms with E-state index in [2.05, 4.69) is 41.4 Å². The lowest BCUT2D eigenvalue weighted by Gasteiger charge is -2.36. The number of carbonyl (C=O) groups is 2. The predicted octanol–water partition coefficient (Wildman–Crippen LogP) is 7.91. The lowest BCUT2D eigenvalue weighted by Crippen LogP contribution is -2.41. The summed E-state index contributed by atoms with van der Waals surface area (Å²) in [6, 6.07) is 22.1. The van der Waals surface area contributed by atoms with E-state index in [-0.39, 0.29) is 12.1 Å². The highest BCUT2D eigenvalue weighted by atomic mass is 16.6. The van der Waals surface area contributed by atoms with Crippen LogP contribution in [0.5, 0.6) is 5.75 Å². The molecule has 0 aliphatic heterocycles. The monoisotopic (exact) mass is 586 g/mol. The zero-order valence-corrected chi connectivity index (χ0v) is 26.1. The summed E-state index contributed by atoms with van der Waals surface area (Å²) >= 11 is 0. The van der Waals surface area contributed by atoms with Gasteiger partial charge in [-0.25, -0.2) is 14.6 Å². The molecule has 0 fully saturated rings. The molecule has 7 heteroatoms.